The Balaban J connectivity index is -0.000000105. The quantitative estimate of drug-likeness (QED) is 0.248. The van der Waals surface area contributed by atoms with Crippen LogP contribution in [-0.4, -0.2) is 83.6 Å². The summed E-state index contributed by atoms with van der Waals surface area (Å²) in [6, 6.07) is 0. The van der Waals surface area contributed by atoms with E-state index in [0.29, 0.717) is 0 Å². The predicted molar refractivity (Wildman–Crippen MR) is 96.6 cm³/mol. The first kappa shape index (κ1) is 32.4. The van der Waals surface area contributed by atoms with E-state index in [4.69, 9.17) is 104 Å². The first-order valence-corrected chi connectivity index (χ1v) is 10.4. The maximum Gasteiger partial charge on any atom is 0.466 e. The molecule has 0 aliphatic rings. The third-order valence-corrected chi connectivity index (χ3v) is 3.21. The molecule has 0 unspecified atom stereocenters. The number of aliphatic hydroxyl groups excluding tert-OH is 3. The molecule has 0 fully saturated rings. The Morgan fingerprint density at radius 1 is 0.565 bits per heavy atom. The highest BCUT2D eigenvalue weighted by molar-refractivity contribution is 7.45. The van der Waals surface area contributed by atoms with Gasteiger partial charge in [-0.05, 0) is 0 Å². The molecule has 0 aromatic heterocycles. The average molecular weight is 485 g/mol. The van der Waals surface area contributed by atoms with E-state index in [1.165, 1.54) is 0 Å². The molecule has 23 heavy (non-hydrogen) atoms. The van der Waals surface area contributed by atoms with Gasteiger partial charge >= 0.3 is 7.82 Å². The molecule has 6 N–H and O–H groups in total. The molecule has 0 saturated heterocycles. The average Bonchev–Trinajstić information content (AvgIpc) is 2.51. The highest BCUT2D eigenvalue weighted by Crippen LogP contribution is 2.25. The standard InChI is InChI=1S/3C3H6Cl2O.H3O4P/c3*4-1-3(6)2-5;1-5(2,3)4/h3*3,6H,1-2H2;(H3,1,2,3,4). The number of aliphatic hydroxyl groups is 3. The van der Waals surface area contributed by atoms with Gasteiger partial charge in [-0.2, -0.15) is 0 Å². The van der Waals surface area contributed by atoms with Crippen LogP contribution in [0.4, 0.5) is 0 Å². The van der Waals surface area contributed by atoms with E-state index in [1.807, 2.05) is 0 Å². The van der Waals surface area contributed by atoms with Crippen molar-refractivity contribution in [1.29, 1.82) is 0 Å². The summed E-state index contributed by atoms with van der Waals surface area (Å²) in [7, 11) is -4.64. The molecular formula is C9H21Cl6O7P. The minimum Gasteiger partial charge on any atom is -0.391 e. The smallest absolute Gasteiger partial charge is 0.391 e. The summed E-state index contributed by atoms with van der Waals surface area (Å²) >= 11 is 30.7. The first-order chi connectivity index (χ1) is 10.4. The molecule has 0 saturated carbocycles. The summed E-state index contributed by atoms with van der Waals surface area (Å²) in [6.07, 6.45) is -1.60. The molecule has 0 bridgehead atoms. The molecule has 0 amide bonds. The number of hydrogen-bond acceptors (Lipinski definition) is 4. The van der Waals surface area contributed by atoms with Crippen LogP contribution in [-0.2, 0) is 4.57 Å². The van der Waals surface area contributed by atoms with Crippen LogP contribution in [0.2, 0.25) is 0 Å². The van der Waals surface area contributed by atoms with Crippen LogP contribution in [0.15, 0.2) is 0 Å². The minimum absolute atomic E-state index is 0.226. The van der Waals surface area contributed by atoms with E-state index in [9.17, 15) is 0 Å². The van der Waals surface area contributed by atoms with Crippen LogP contribution in [0.3, 0.4) is 0 Å². The van der Waals surface area contributed by atoms with Gasteiger partial charge in [-0.3, -0.25) is 0 Å². The molecule has 0 rings (SSSR count). The fraction of sp³-hybridized carbons (Fsp3) is 1.00. The Kier molecular flexibility index (Phi) is 33.4. The van der Waals surface area contributed by atoms with Crippen molar-refractivity contribution in [2.45, 2.75) is 18.3 Å². The van der Waals surface area contributed by atoms with Gasteiger partial charge in [0.05, 0.1) is 18.3 Å². The summed E-state index contributed by atoms with van der Waals surface area (Å²) in [4.78, 5) is 21.6. The second-order valence-electron chi connectivity index (χ2n) is 3.40. The van der Waals surface area contributed by atoms with Crippen LogP contribution in [0.1, 0.15) is 0 Å². The first-order valence-electron chi connectivity index (χ1n) is 5.61. The molecule has 0 spiro atoms. The molecule has 14 heteroatoms. The fourth-order valence-corrected chi connectivity index (χ4v) is 1.11. The zero-order chi connectivity index (χ0) is 19.5. The maximum atomic E-state index is 8.88. The van der Waals surface area contributed by atoms with E-state index >= 15 is 0 Å². The minimum atomic E-state index is -4.64. The number of halogens is 6. The molecule has 0 aromatic rings. The molecule has 0 heterocycles. The summed E-state index contributed by atoms with van der Waals surface area (Å²) < 4.78 is 8.88. The van der Waals surface area contributed by atoms with Crippen molar-refractivity contribution in [3.8, 4) is 0 Å². The Hall–Kier alpha value is 1.73. The molecule has 0 radical (unpaired) electrons. The molecule has 0 aliphatic heterocycles. The van der Waals surface area contributed by atoms with Crippen molar-refractivity contribution in [2.75, 3.05) is 35.3 Å². The number of phosphoric acid groups is 1. The summed E-state index contributed by atoms with van der Waals surface area (Å²) in [5.74, 6) is 1.35. The van der Waals surface area contributed by atoms with Gasteiger partial charge in [0.2, 0.25) is 0 Å². The molecular weight excluding hydrogens is 464 g/mol. The Bertz CT molecular complexity index is 217. The van der Waals surface area contributed by atoms with Crippen molar-refractivity contribution in [3.63, 3.8) is 0 Å². The van der Waals surface area contributed by atoms with Gasteiger partial charge in [0.1, 0.15) is 0 Å². The fourth-order valence-electron chi connectivity index (χ4n) is 0.124. The van der Waals surface area contributed by atoms with Crippen LogP contribution in [0.5, 0.6) is 0 Å². The molecule has 0 atom stereocenters. The second kappa shape index (κ2) is 23.7. The summed E-state index contributed by atoms with van der Waals surface area (Å²) in [5, 5.41) is 25.2. The van der Waals surface area contributed by atoms with Gasteiger partial charge in [0.25, 0.3) is 0 Å². The van der Waals surface area contributed by atoms with Crippen molar-refractivity contribution in [2.24, 2.45) is 0 Å². The third-order valence-electron chi connectivity index (χ3n) is 1.07. The lowest BCUT2D eigenvalue weighted by atomic mass is 10.5. The van der Waals surface area contributed by atoms with Gasteiger partial charge < -0.3 is 30.0 Å². The van der Waals surface area contributed by atoms with E-state index in [0.717, 1.165) is 0 Å². The lowest BCUT2D eigenvalue weighted by molar-refractivity contribution is 0.222. The molecule has 0 aliphatic carbocycles. The van der Waals surface area contributed by atoms with Crippen LogP contribution in [0.25, 0.3) is 0 Å². The summed E-state index contributed by atoms with van der Waals surface area (Å²) in [5.41, 5.74) is 0. The van der Waals surface area contributed by atoms with Crippen molar-refractivity contribution >= 4 is 77.4 Å². The van der Waals surface area contributed by atoms with E-state index < -0.39 is 26.1 Å². The normalized spacial score (nSPS) is 10.4. The Morgan fingerprint density at radius 2 is 0.652 bits per heavy atom. The molecule has 146 valence electrons. The van der Waals surface area contributed by atoms with Crippen molar-refractivity contribution in [3.05, 3.63) is 0 Å². The van der Waals surface area contributed by atoms with E-state index in [2.05, 4.69) is 0 Å². The highest BCUT2D eigenvalue weighted by Gasteiger charge is 2.00. The highest BCUT2D eigenvalue weighted by atomic mass is 35.5. The lowest BCUT2D eigenvalue weighted by Gasteiger charge is -1.94. The van der Waals surface area contributed by atoms with Gasteiger partial charge in [-0.25, -0.2) is 4.57 Å². The van der Waals surface area contributed by atoms with Gasteiger partial charge in [-0.15, -0.1) is 69.6 Å². The van der Waals surface area contributed by atoms with Gasteiger partial charge in [0, 0.05) is 35.3 Å². The Morgan fingerprint density at radius 3 is 0.652 bits per heavy atom. The zero-order valence-electron chi connectivity index (χ0n) is 11.8. The predicted octanol–water partition coefficient (Wildman–Crippen LogP) is 1.55. The van der Waals surface area contributed by atoms with Crippen LogP contribution >= 0.6 is 77.4 Å². The number of rotatable bonds is 6. The monoisotopic (exact) mass is 482 g/mol. The summed E-state index contributed by atoms with van der Waals surface area (Å²) in [6.45, 7) is 0. The maximum absolute atomic E-state index is 8.88. The number of hydrogen-bond donors (Lipinski definition) is 6. The van der Waals surface area contributed by atoms with Crippen molar-refractivity contribution < 1.29 is 34.6 Å². The third kappa shape index (κ3) is 59.4. The molecule has 0 aromatic carbocycles. The second-order valence-corrected chi connectivity index (χ2v) is 6.28. The number of alkyl halides is 6. The van der Waals surface area contributed by atoms with Gasteiger partial charge in [0.15, 0.2) is 0 Å². The lowest BCUT2D eigenvalue weighted by Crippen LogP contribution is -2.08. The van der Waals surface area contributed by atoms with Crippen molar-refractivity contribution in [1.82, 2.24) is 0 Å². The SMILES string of the molecule is O=P(O)(O)O.OC(CCl)CCl.OC(CCl)CCl.OC(CCl)CCl. The van der Waals surface area contributed by atoms with E-state index in [-0.39, 0.29) is 35.3 Å². The molecule has 7 nitrogen and oxygen atoms in total. The topological polar surface area (TPSA) is 138 Å². The Labute approximate surface area is 165 Å². The van der Waals surface area contributed by atoms with Gasteiger partial charge in [-0.1, -0.05) is 0 Å². The van der Waals surface area contributed by atoms with Crippen LogP contribution in [0, 0.1) is 0 Å². The van der Waals surface area contributed by atoms with E-state index in [1.54, 1.807) is 0 Å². The zero-order valence-corrected chi connectivity index (χ0v) is 17.2. The van der Waals surface area contributed by atoms with Crippen LogP contribution < -0.4 is 0 Å². The largest absolute Gasteiger partial charge is 0.466 e.